The van der Waals surface area contributed by atoms with Crippen molar-refractivity contribution >= 4 is 34.4 Å². The van der Waals surface area contributed by atoms with Crippen molar-refractivity contribution in [1.29, 1.82) is 0 Å². The van der Waals surface area contributed by atoms with Gasteiger partial charge in [0.1, 0.15) is 0 Å². The monoisotopic (exact) mass is 349 g/mol. The van der Waals surface area contributed by atoms with Gasteiger partial charge in [-0.2, -0.15) is 0 Å². The van der Waals surface area contributed by atoms with Crippen molar-refractivity contribution < 1.29 is 4.79 Å². The van der Waals surface area contributed by atoms with Crippen molar-refractivity contribution in [3.8, 4) is 0 Å². The number of thioether (sulfide) groups is 1. The molecule has 2 heterocycles. The predicted octanol–water partition coefficient (Wildman–Crippen LogP) is 4.39. The van der Waals surface area contributed by atoms with E-state index in [0.29, 0.717) is 5.56 Å². The average molecular weight is 349 g/mol. The molecule has 0 spiro atoms. The fourth-order valence-corrected chi connectivity index (χ4v) is 4.17. The second-order valence-corrected chi connectivity index (χ2v) is 7.46. The molecular formula is C20H19N3OS. The maximum Gasteiger partial charge on any atom is 0.258 e. The van der Waals surface area contributed by atoms with Crippen molar-refractivity contribution in [1.82, 2.24) is 9.97 Å². The molecule has 25 heavy (non-hydrogen) atoms. The average Bonchev–Trinajstić information content (AvgIpc) is 2.62. The summed E-state index contributed by atoms with van der Waals surface area (Å²) in [5.74, 6) is 0.913. The minimum atomic E-state index is 0.0159. The first-order valence-electron chi connectivity index (χ1n) is 8.35. The van der Waals surface area contributed by atoms with Crippen molar-refractivity contribution in [2.45, 2.75) is 31.7 Å². The molecule has 0 saturated carbocycles. The van der Waals surface area contributed by atoms with Gasteiger partial charge in [-0.05, 0) is 51.1 Å². The van der Waals surface area contributed by atoms with Crippen LogP contribution in [0.15, 0.2) is 47.4 Å². The smallest absolute Gasteiger partial charge is 0.258 e. The number of benzene rings is 2. The summed E-state index contributed by atoms with van der Waals surface area (Å²) in [4.78, 5) is 25.4. The lowest BCUT2D eigenvalue weighted by Gasteiger charge is -2.34. The number of hydrogen-bond donors (Lipinski definition) is 0. The minimum Gasteiger partial charge on any atom is -0.304 e. The van der Waals surface area contributed by atoms with Crippen molar-refractivity contribution in [3.63, 3.8) is 0 Å². The summed E-state index contributed by atoms with van der Waals surface area (Å²) in [6.07, 6.45) is 0. The number of aryl methyl sites for hydroxylation is 2. The summed E-state index contributed by atoms with van der Waals surface area (Å²) < 4.78 is 0. The first-order valence-corrected chi connectivity index (χ1v) is 9.33. The normalized spacial score (nSPS) is 16.8. The molecule has 1 atom stereocenters. The van der Waals surface area contributed by atoms with Crippen LogP contribution in [0.1, 0.15) is 28.7 Å². The van der Waals surface area contributed by atoms with Gasteiger partial charge in [-0.15, -0.1) is 11.8 Å². The maximum atomic E-state index is 13.2. The van der Waals surface area contributed by atoms with Crippen molar-refractivity contribution in [3.05, 3.63) is 59.4 Å². The second-order valence-electron chi connectivity index (χ2n) is 6.40. The van der Waals surface area contributed by atoms with Crippen molar-refractivity contribution in [2.75, 3.05) is 10.7 Å². The summed E-state index contributed by atoms with van der Waals surface area (Å²) in [6.45, 7) is 5.98. The number of hydrogen-bond acceptors (Lipinski definition) is 4. The largest absolute Gasteiger partial charge is 0.304 e. The summed E-state index contributed by atoms with van der Waals surface area (Å²) in [6, 6.07) is 13.8. The lowest BCUT2D eigenvalue weighted by molar-refractivity contribution is 0.0979. The molecule has 1 aliphatic rings. The van der Waals surface area contributed by atoms with Crippen LogP contribution in [0.25, 0.3) is 11.0 Å². The molecule has 0 N–H and O–H groups in total. The van der Waals surface area contributed by atoms with Crippen LogP contribution in [0, 0.1) is 13.8 Å². The van der Waals surface area contributed by atoms with Crippen LogP contribution < -0.4 is 4.90 Å². The fraction of sp³-hybridized carbons (Fsp3) is 0.250. The van der Waals surface area contributed by atoms with E-state index >= 15 is 0 Å². The molecule has 0 radical (unpaired) electrons. The molecule has 0 bridgehead atoms. The molecule has 1 amide bonds. The zero-order valence-corrected chi connectivity index (χ0v) is 15.3. The Kier molecular flexibility index (Phi) is 3.96. The Balaban J connectivity index is 1.78. The van der Waals surface area contributed by atoms with Crippen LogP contribution in [0.3, 0.4) is 0 Å². The third-order valence-electron chi connectivity index (χ3n) is 4.59. The van der Waals surface area contributed by atoms with E-state index in [2.05, 4.69) is 23.0 Å². The van der Waals surface area contributed by atoms with Gasteiger partial charge in [0.15, 0.2) is 0 Å². The quantitative estimate of drug-likeness (QED) is 0.654. The van der Waals surface area contributed by atoms with Crippen LogP contribution in [-0.4, -0.2) is 27.7 Å². The third-order valence-corrected chi connectivity index (χ3v) is 5.89. The second kappa shape index (κ2) is 6.15. The lowest BCUT2D eigenvalue weighted by atomic mass is 10.1. The van der Waals surface area contributed by atoms with Gasteiger partial charge in [-0.25, -0.2) is 9.97 Å². The Morgan fingerprint density at radius 2 is 1.80 bits per heavy atom. The molecule has 0 fully saturated rings. The molecule has 0 saturated heterocycles. The van der Waals surface area contributed by atoms with Gasteiger partial charge in [0.25, 0.3) is 5.91 Å². The predicted molar refractivity (Wildman–Crippen MR) is 102 cm³/mol. The SMILES string of the molecule is Cc1nc2ccc(C(=O)N3c4ccccc4SCC3C)cc2nc1C. The Morgan fingerprint density at radius 3 is 2.60 bits per heavy atom. The molecule has 1 aliphatic heterocycles. The Hall–Kier alpha value is -2.40. The molecular weight excluding hydrogens is 330 g/mol. The summed E-state index contributed by atoms with van der Waals surface area (Å²) >= 11 is 1.80. The number of amides is 1. The molecule has 0 aliphatic carbocycles. The topological polar surface area (TPSA) is 46.1 Å². The van der Waals surface area contributed by atoms with Crippen LogP contribution in [0.2, 0.25) is 0 Å². The van der Waals surface area contributed by atoms with E-state index < -0.39 is 0 Å². The van der Waals surface area contributed by atoms with E-state index in [1.165, 1.54) is 0 Å². The number of anilines is 1. The van der Waals surface area contributed by atoms with Gasteiger partial charge >= 0.3 is 0 Å². The molecule has 5 heteroatoms. The maximum absolute atomic E-state index is 13.2. The highest BCUT2D eigenvalue weighted by atomic mass is 32.2. The highest BCUT2D eigenvalue weighted by Gasteiger charge is 2.29. The van der Waals surface area contributed by atoms with E-state index in [0.717, 1.165) is 38.8 Å². The van der Waals surface area contributed by atoms with Gasteiger partial charge in [0, 0.05) is 22.3 Å². The summed E-state index contributed by atoms with van der Waals surface area (Å²) in [7, 11) is 0. The summed E-state index contributed by atoms with van der Waals surface area (Å²) in [5.41, 5.74) is 5.04. The zero-order chi connectivity index (χ0) is 17.6. The number of rotatable bonds is 1. The number of aromatic nitrogens is 2. The molecule has 4 nitrogen and oxygen atoms in total. The molecule has 1 aromatic heterocycles. The first kappa shape index (κ1) is 16.1. The van der Waals surface area contributed by atoms with Crippen LogP contribution in [0.4, 0.5) is 5.69 Å². The van der Waals surface area contributed by atoms with E-state index in [9.17, 15) is 4.79 Å². The van der Waals surface area contributed by atoms with Gasteiger partial charge in [0.2, 0.25) is 0 Å². The minimum absolute atomic E-state index is 0.0159. The fourth-order valence-electron chi connectivity index (χ4n) is 3.11. The number of nitrogens with zero attached hydrogens (tertiary/aromatic N) is 3. The Labute approximate surface area is 151 Å². The number of carbonyl (C=O) groups is 1. The van der Waals surface area contributed by atoms with Crippen LogP contribution in [0.5, 0.6) is 0 Å². The van der Waals surface area contributed by atoms with Gasteiger partial charge in [0.05, 0.1) is 28.1 Å². The first-order chi connectivity index (χ1) is 12.0. The Morgan fingerprint density at radius 1 is 1.08 bits per heavy atom. The molecule has 3 aromatic rings. The molecule has 2 aromatic carbocycles. The van der Waals surface area contributed by atoms with Crippen LogP contribution in [-0.2, 0) is 0 Å². The summed E-state index contributed by atoms with van der Waals surface area (Å²) in [5, 5.41) is 0. The lowest BCUT2D eigenvalue weighted by Crippen LogP contribution is -2.42. The van der Waals surface area contributed by atoms with E-state index in [-0.39, 0.29) is 11.9 Å². The molecule has 1 unspecified atom stereocenters. The van der Waals surface area contributed by atoms with E-state index in [1.54, 1.807) is 11.8 Å². The zero-order valence-electron chi connectivity index (χ0n) is 14.5. The van der Waals surface area contributed by atoms with Gasteiger partial charge in [-0.3, -0.25) is 4.79 Å². The standard InChI is InChI=1S/C20H19N3OS/c1-12-11-25-19-7-5-4-6-18(19)23(12)20(24)15-8-9-16-17(10-15)22-14(3)13(2)21-16/h4-10,12H,11H2,1-3H3. The highest BCUT2D eigenvalue weighted by molar-refractivity contribution is 7.99. The number of para-hydroxylation sites is 1. The van der Waals surface area contributed by atoms with Gasteiger partial charge < -0.3 is 4.90 Å². The van der Waals surface area contributed by atoms with E-state index in [4.69, 9.17) is 0 Å². The number of carbonyl (C=O) groups excluding carboxylic acids is 1. The molecule has 4 rings (SSSR count). The highest BCUT2D eigenvalue weighted by Crippen LogP contribution is 2.38. The Bertz CT molecular complexity index is 986. The van der Waals surface area contributed by atoms with Gasteiger partial charge in [-0.1, -0.05) is 12.1 Å². The van der Waals surface area contributed by atoms with Crippen LogP contribution >= 0.6 is 11.8 Å². The number of fused-ring (bicyclic) bond motifs is 2. The van der Waals surface area contributed by atoms with Crippen molar-refractivity contribution in [2.24, 2.45) is 0 Å². The van der Waals surface area contributed by atoms with E-state index in [1.807, 2.05) is 55.1 Å². The third kappa shape index (κ3) is 2.78. The molecule has 126 valence electrons.